The van der Waals surface area contributed by atoms with Gasteiger partial charge >= 0.3 is 6.18 Å². The molecule has 2 fully saturated rings. The first-order valence-electron chi connectivity index (χ1n) is 7.57. The monoisotopic (exact) mass is 315 g/mol. The Hall–Kier alpha value is -1.11. The number of fused-ring (bicyclic) bond motifs is 2. The topological polar surface area (TPSA) is 32.7 Å². The second-order valence-corrected chi connectivity index (χ2v) is 6.19. The summed E-state index contributed by atoms with van der Waals surface area (Å²) in [6, 6.07) is 9.24. The van der Waals surface area contributed by atoms with Crippen molar-refractivity contribution in [3.8, 4) is 0 Å². The van der Waals surface area contributed by atoms with Crippen LogP contribution in [0.25, 0.3) is 0 Å². The minimum atomic E-state index is -4.37. The summed E-state index contributed by atoms with van der Waals surface area (Å²) in [5.41, 5.74) is 1.07. The third-order valence-corrected chi connectivity index (χ3v) is 4.69. The van der Waals surface area contributed by atoms with Crippen LogP contribution in [-0.4, -0.2) is 47.6 Å². The molecule has 2 saturated heterocycles. The van der Waals surface area contributed by atoms with E-state index in [1.807, 2.05) is 30.3 Å². The standard InChI is InChI=1S/C16H20F3NO2/c17-16(18,19)14-6-12-9-22-10-13(7-15(14)21)20(12)8-11-4-2-1-3-5-11/h1-5,12-15,21H,6-10H2. The Labute approximate surface area is 127 Å². The van der Waals surface area contributed by atoms with Crippen molar-refractivity contribution in [2.24, 2.45) is 5.92 Å². The summed E-state index contributed by atoms with van der Waals surface area (Å²) in [4.78, 5) is 2.08. The predicted octanol–water partition coefficient (Wildman–Crippen LogP) is 2.59. The van der Waals surface area contributed by atoms with Crippen LogP contribution in [0.5, 0.6) is 0 Å². The maximum absolute atomic E-state index is 13.2. The fraction of sp³-hybridized carbons (Fsp3) is 0.625. The smallest absolute Gasteiger partial charge is 0.392 e. The van der Waals surface area contributed by atoms with Crippen LogP contribution in [0.4, 0.5) is 13.2 Å². The Morgan fingerprint density at radius 3 is 2.36 bits per heavy atom. The van der Waals surface area contributed by atoms with E-state index in [1.54, 1.807) is 0 Å². The third-order valence-electron chi connectivity index (χ3n) is 4.69. The number of hydrogen-bond donors (Lipinski definition) is 1. The number of hydrogen-bond acceptors (Lipinski definition) is 3. The average Bonchev–Trinajstić information content (AvgIpc) is 2.54. The van der Waals surface area contributed by atoms with Gasteiger partial charge in [-0.15, -0.1) is 0 Å². The predicted molar refractivity (Wildman–Crippen MR) is 75.2 cm³/mol. The van der Waals surface area contributed by atoms with E-state index >= 15 is 0 Å². The van der Waals surface area contributed by atoms with E-state index in [0.29, 0.717) is 19.8 Å². The first-order valence-corrected chi connectivity index (χ1v) is 7.57. The zero-order chi connectivity index (χ0) is 15.7. The minimum Gasteiger partial charge on any atom is -0.392 e. The SMILES string of the molecule is OC1CC2COCC(CC1C(F)(F)F)N2Cc1ccccc1. The summed E-state index contributed by atoms with van der Waals surface area (Å²) in [5.74, 6) is -1.66. The molecule has 0 aliphatic carbocycles. The Bertz CT molecular complexity index is 494. The lowest BCUT2D eigenvalue weighted by atomic mass is 9.93. The van der Waals surface area contributed by atoms with Gasteiger partial charge in [0.15, 0.2) is 0 Å². The summed E-state index contributed by atoms with van der Waals surface area (Å²) in [6.45, 7) is 1.27. The van der Waals surface area contributed by atoms with Crippen molar-refractivity contribution >= 4 is 0 Å². The van der Waals surface area contributed by atoms with Gasteiger partial charge in [0.25, 0.3) is 0 Å². The van der Waals surface area contributed by atoms with Crippen LogP contribution in [0.2, 0.25) is 0 Å². The fourth-order valence-electron chi connectivity index (χ4n) is 3.53. The highest BCUT2D eigenvalue weighted by Gasteiger charge is 2.50. The maximum atomic E-state index is 13.2. The van der Waals surface area contributed by atoms with E-state index in [1.165, 1.54) is 0 Å². The van der Waals surface area contributed by atoms with Gasteiger partial charge in [0.1, 0.15) is 0 Å². The molecule has 1 aromatic carbocycles. The van der Waals surface area contributed by atoms with Crippen LogP contribution in [-0.2, 0) is 11.3 Å². The van der Waals surface area contributed by atoms with Gasteiger partial charge in [-0.1, -0.05) is 30.3 Å². The number of rotatable bonds is 2. The first kappa shape index (κ1) is 15.8. The second kappa shape index (κ2) is 6.18. The molecule has 4 unspecified atom stereocenters. The zero-order valence-corrected chi connectivity index (χ0v) is 12.2. The molecule has 1 aromatic rings. The van der Waals surface area contributed by atoms with E-state index in [4.69, 9.17) is 4.74 Å². The van der Waals surface area contributed by atoms with Crippen molar-refractivity contribution in [1.29, 1.82) is 0 Å². The quantitative estimate of drug-likeness (QED) is 0.910. The number of aliphatic hydroxyl groups is 1. The van der Waals surface area contributed by atoms with Crippen molar-refractivity contribution in [3.63, 3.8) is 0 Å². The van der Waals surface area contributed by atoms with Gasteiger partial charge in [-0.05, 0) is 18.4 Å². The van der Waals surface area contributed by atoms with Gasteiger partial charge < -0.3 is 9.84 Å². The summed E-state index contributed by atoms with van der Waals surface area (Å²) in [7, 11) is 0. The summed E-state index contributed by atoms with van der Waals surface area (Å²) in [6.07, 6.45) is -5.72. The molecule has 6 heteroatoms. The highest BCUT2D eigenvalue weighted by molar-refractivity contribution is 5.15. The Kier molecular flexibility index (Phi) is 4.43. The lowest BCUT2D eigenvalue weighted by Gasteiger charge is -2.40. The molecule has 1 N–H and O–H groups in total. The highest BCUT2D eigenvalue weighted by Crippen LogP contribution is 2.39. The molecule has 2 aliphatic heterocycles. The second-order valence-electron chi connectivity index (χ2n) is 6.19. The lowest BCUT2D eigenvalue weighted by Crippen LogP contribution is -2.50. The Morgan fingerprint density at radius 1 is 1.09 bits per heavy atom. The van der Waals surface area contributed by atoms with E-state index in [9.17, 15) is 18.3 Å². The van der Waals surface area contributed by atoms with Gasteiger partial charge in [-0.2, -0.15) is 13.2 Å². The van der Waals surface area contributed by atoms with E-state index < -0.39 is 18.2 Å². The van der Waals surface area contributed by atoms with Crippen LogP contribution >= 0.6 is 0 Å². The molecule has 0 saturated carbocycles. The molecule has 0 spiro atoms. The number of morpholine rings is 1. The average molecular weight is 315 g/mol. The summed E-state index contributed by atoms with van der Waals surface area (Å²) >= 11 is 0. The number of nitrogens with zero attached hydrogens (tertiary/aromatic N) is 1. The van der Waals surface area contributed by atoms with Gasteiger partial charge in [-0.25, -0.2) is 0 Å². The van der Waals surface area contributed by atoms with Gasteiger partial charge in [0.2, 0.25) is 0 Å². The molecule has 22 heavy (non-hydrogen) atoms. The van der Waals surface area contributed by atoms with Crippen LogP contribution < -0.4 is 0 Å². The maximum Gasteiger partial charge on any atom is 0.394 e. The van der Waals surface area contributed by atoms with E-state index in [2.05, 4.69) is 4.90 Å². The number of benzene rings is 1. The highest BCUT2D eigenvalue weighted by atomic mass is 19.4. The molecule has 0 radical (unpaired) electrons. The lowest BCUT2D eigenvalue weighted by molar-refractivity contribution is -0.202. The van der Waals surface area contributed by atoms with Crippen molar-refractivity contribution in [3.05, 3.63) is 35.9 Å². The van der Waals surface area contributed by atoms with Crippen molar-refractivity contribution in [2.75, 3.05) is 13.2 Å². The van der Waals surface area contributed by atoms with E-state index in [0.717, 1.165) is 5.56 Å². The molecular weight excluding hydrogens is 295 g/mol. The molecule has 0 amide bonds. The first-order chi connectivity index (χ1) is 10.4. The van der Waals surface area contributed by atoms with Crippen LogP contribution in [0, 0.1) is 5.92 Å². The number of halogens is 3. The normalized spacial score (nSPS) is 33.5. The van der Waals surface area contributed by atoms with Crippen molar-refractivity contribution in [2.45, 2.75) is 43.8 Å². The summed E-state index contributed by atoms with van der Waals surface area (Å²) in [5, 5.41) is 10.0. The molecule has 3 nitrogen and oxygen atoms in total. The van der Waals surface area contributed by atoms with Crippen molar-refractivity contribution in [1.82, 2.24) is 4.90 Å². The minimum absolute atomic E-state index is 0.103. The van der Waals surface area contributed by atoms with Crippen LogP contribution in [0.3, 0.4) is 0 Å². The van der Waals surface area contributed by atoms with Crippen LogP contribution in [0.15, 0.2) is 30.3 Å². The molecule has 122 valence electrons. The summed E-state index contributed by atoms with van der Waals surface area (Å²) < 4.78 is 45.0. The molecule has 4 atom stereocenters. The number of ether oxygens (including phenoxy) is 1. The molecule has 0 aromatic heterocycles. The van der Waals surface area contributed by atoms with Gasteiger partial charge in [0.05, 0.1) is 25.2 Å². The Morgan fingerprint density at radius 2 is 1.73 bits per heavy atom. The zero-order valence-electron chi connectivity index (χ0n) is 12.2. The van der Waals surface area contributed by atoms with Gasteiger partial charge in [-0.3, -0.25) is 4.90 Å². The molecular formula is C16H20F3NO2. The Balaban J connectivity index is 1.82. The fourth-order valence-corrected chi connectivity index (χ4v) is 3.53. The molecule has 2 bridgehead atoms. The van der Waals surface area contributed by atoms with Crippen molar-refractivity contribution < 1.29 is 23.0 Å². The third kappa shape index (κ3) is 3.29. The number of alkyl halides is 3. The number of aliphatic hydroxyl groups excluding tert-OH is 1. The van der Waals surface area contributed by atoms with E-state index in [-0.39, 0.29) is 24.9 Å². The van der Waals surface area contributed by atoms with Crippen LogP contribution in [0.1, 0.15) is 18.4 Å². The largest absolute Gasteiger partial charge is 0.394 e. The molecule has 2 aliphatic rings. The molecule has 3 rings (SSSR count). The van der Waals surface area contributed by atoms with Gasteiger partial charge in [0, 0.05) is 18.6 Å². The molecule has 2 heterocycles.